The summed E-state index contributed by atoms with van der Waals surface area (Å²) in [6.07, 6.45) is 0.171. The fourth-order valence-corrected chi connectivity index (χ4v) is 4.28. The van der Waals surface area contributed by atoms with Gasteiger partial charge in [0.25, 0.3) is 5.91 Å². The maximum atomic E-state index is 12.7. The molecule has 0 unspecified atom stereocenters. The van der Waals surface area contributed by atoms with E-state index in [2.05, 4.69) is 10.3 Å². The summed E-state index contributed by atoms with van der Waals surface area (Å²) in [5, 5.41) is 2.89. The predicted molar refractivity (Wildman–Crippen MR) is 114 cm³/mol. The van der Waals surface area contributed by atoms with Crippen molar-refractivity contribution in [2.24, 2.45) is 0 Å². The van der Waals surface area contributed by atoms with Gasteiger partial charge in [-0.15, -0.1) is 0 Å². The Kier molecular flexibility index (Phi) is 8.19. The molecule has 1 amide bonds. The second kappa shape index (κ2) is 10.2. The normalized spacial score (nSPS) is 12.5. The number of aromatic nitrogens is 1. The second-order valence-corrected chi connectivity index (χ2v) is 8.91. The molecule has 30 heavy (non-hydrogen) atoms. The Bertz CT molecular complexity index is 1020. The standard InChI is InChI=1S/C19H21Cl2N3O5S/c1-4-24(5-2)30(27,28)14-7-8-16(21)15(10-14)19(26)29-12(3)18(25)23-17-9-6-13(20)11-22-17/h6-12H,4-5H2,1-3H3,(H,22,23,25)/t12-/m1/s1. The van der Waals surface area contributed by atoms with Crippen molar-refractivity contribution < 1.29 is 22.7 Å². The summed E-state index contributed by atoms with van der Waals surface area (Å²) in [5.41, 5.74) is -0.158. The average molecular weight is 474 g/mol. The van der Waals surface area contributed by atoms with Gasteiger partial charge < -0.3 is 10.1 Å². The number of pyridine rings is 1. The number of halogens is 2. The number of nitrogens with zero attached hydrogens (tertiary/aromatic N) is 2. The first-order chi connectivity index (χ1) is 14.1. The summed E-state index contributed by atoms with van der Waals surface area (Å²) in [7, 11) is -3.79. The van der Waals surface area contributed by atoms with Gasteiger partial charge in [0.1, 0.15) is 5.82 Å². The molecule has 0 saturated heterocycles. The fourth-order valence-electron chi connectivity index (χ4n) is 2.49. The molecule has 162 valence electrons. The highest BCUT2D eigenvalue weighted by Gasteiger charge is 2.26. The molecule has 1 aromatic heterocycles. The van der Waals surface area contributed by atoms with Crippen molar-refractivity contribution in [2.75, 3.05) is 18.4 Å². The van der Waals surface area contributed by atoms with Gasteiger partial charge in [0.05, 0.1) is 20.5 Å². The lowest BCUT2D eigenvalue weighted by atomic mass is 10.2. The number of rotatable bonds is 8. The predicted octanol–water partition coefficient (Wildman–Crippen LogP) is 3.60. The van der Waals surface area contributed by atoms with Crippen molar-refractivity contribution >= 4 is 50.9 Å². The number of carbonyl (C=O) groups excluding carboxylic acids is 2. The molecular formula is C19H21Cl2N3O5S. The molecule has 1 atom stereocenters. The van der Waals surface area contributed by atoms with Crippen LogP contribution in [0.4, 0.5) is 5.82 Å². The largest absolute Gasteiger partial charge is 0.449 e. The highest BCUT2D eigenvalue weighted by atomic mass is 35.5. The van der Waals surface area contributed by atoms with E-state index in [0.29, 0.717) is 5.02 Å². The van der Waals surface area contributed by atoms with Crippen LogP contribution in [-0.4, -0.2) is 48.8 Å². The van der Waals surface area contributed by atoms with Crippen LogP contribution in [-0.2, 0) is 19.6 Å². The molecule has 0 aliphatic carbocycles. The molecule has 8 nitrogen and oxygen atoms in total. The van der Waals surface area contributed by atoms with Crippen LogP contribution in [0.2, 0.25) is 10.0 Å². The van der Waals surface area contributed by atoms with Gasteiger partial charge in [0, 0.05) is 19.3 Å². The Morgan fingerprint density at radius 2 is 1.83 bits per heavy atom. The van der Waals surface area contributed by atoms with Gasteiger partial charge in [-0.2, -0.15) is 4.31 Å². The van der Waals surface area contributed by atoms with Gasteiger partial charge in [0.2, 0.25) is 10.0 Å². The molecule has 0 spiro atoms. The quantitative estimate of drug-likeness (QED) is 0.586. The smallest absolute Gasteiger partial charge is 0.340 e. The minimum Gasteiger partial charge on any atom is -0.449 e. The summed E-state index contributed by atoms with van der Waals surface area (Å²) in [6, 6.07) is 6.80. The highest BCUT2D eigenvalue weighted by Crippen LogP contribution is 2.24. The van der Waals surface area contributed by atoms with E-state index in [1.54, 1.807) is 19.9 Å². The average Bonchev–Trinajstić information content (AvgIpc) is 2.70. The Balaban J connectivity index is 2.18. The zero-order chi connectivity index (χ0) is 22.5. The first-order valence-corrected chi connectivity index (χ1v) is 11.2. The third kappa shape index (κ3) is 5.69. The van der Waals surface area contributed by atoms with Gasteiger partial charge in [-0.05, 0) is 37.3 Å². The summed E-state index contributed by atoms with van der Waals surface area (Å²) in [6.45, 7) is 5.34. The van der Waals surface area contributed by atoms with E-state index in [1.807, 2.05) is 0 Å². The Labute approximate surface area is 185 Å². The number of sulfonamides is 1. The number of esters is 1. The maximum Gasteiger partial charge on any atom is 0.340 e. The summed E-state index contributed by atoms with van der Waals surface area (Å²) >= 11 is 11.8. The Morgan fingerprint density at radius 3 is 2.40 bits per heavy atom. The molecule has 11 heteroatoms. The van der Waals surface area contributed by atoms with E-state index >= 15 is 0 Å². The minimum absolute atomic E-state index is 0.00507. The second-order valence-electron chi connectivity index (χ2n) is 6.13. The number of anilines is 1. The molecule has 0 aliphatic rings. The highest BCUT2D eigenvalue weighted by molar-refractivity contribution is 7.89. The molecular weight excluding hydrogens is 453 g/mol. The van der Waals surface area contributed by atoms with E-state index in [1.165, 1.54) is 35.6 Å². The van der Waals surface area contributed by atoms with E-state index < -0.39 is 28.0 Å². The number of carbonyl (C=O) groups is 2. The lowest BCUT2D eigenvalue weighted by Gasteiger charge is -2.19. The van der Waals surface area contributed by atoms with Gasteiger partial charge in [-0.1, -0.05) is 37.0 Å². The first kappa shape index (κ1) is 24.1. The van der Waals surface area contributed by atoms with Crippen LogP contribution >= 0.6 is 23.2 Å². The molecule has 0 saturated carbocycles. The van der Waals surface area contributed by atoms with E-state index in [4.69, 9.17) is 27.9 Å². The third-order valence-corrected chi connectivity index (χ3v) is 6.73. The number of nitrogens with one attached hydrogen (secondary N) is 1. The van der Waals surface area contributed by atoms with Crippen molar-refractivity contribution in [3.05, 3.63) is 52.1 Å². The number of hydrogen-bond acceptors (Lipinski definition) is 6. The molecule has 0 aliphatic heterocycles. The zero-order valence-corrected chi connectivity index (χ0v) is 18.9. The summed E-state index contributed by atoms with van der Waals surface area (Å²) in [5.74, 6) is -1.32. The van der Waals surface area contributed by atoms with Crippen molar-refractivity contribution in [2.45, 2.75) is 31.8 Å². The van der Waals surface area contributed by atoms with Crippen LogP contribution in [0.15, 0.2) is 41.4 Å². The summed E-state index contributed by atoms with van der Waals surface area (Å²) < 4.78 is 31.8. The summed E-state index contributed by atoms with van der Waals surface area (Å²) in [4.78, 5) is 28.6. The molecule has 1 N–H and O–H groups in total. The molecule has 2 rings (SSSR count). The van der Waals surface area contributed by atoms with Crippen LogP contribution < -0.4 is 5.32 Å². The molecule has 2 aromatic rings. The van der Waals surface area contributed by atoms with E-state index in [-0.39, 0.29) is 34.4 Å². The molecule has 0 radical (unpaired) electrons. The number of amides is 1. The fraction of sp³-hybridized carbons (Fsp3) is 0.316. The minimum atomic E-state index is -3.79. The molecule has 0 fully saturated rings. The first-order valence-electron chi connectivity index (χ1n) is 9.03. The number of hydrogen-bond donors (Lipinski definition) is 1. The maximum absolute atomic E-state index is 12.7. The molecule has 1 heterocycles. The van der Waals surface area contributed by atoms with Crippen molar-refractivity contribution in [1.29, 1.82) is 0 Å². The topological polar surface area (TPSA) is 106 Å². The lowest BCUT2D eigenvalue weighted by molar-refractivity contribution is -0.123. The van der Waals surface area contributed by atoms with Crippen LogP contribution in [0.3, 0.4) is 0 Å². The van der Waals surface area contributed by atoms with Gasteiger partial charge in [-0.3, -0.25) is 4.79 Å². The Morgan fingerprint density at radius 1 is 1.17 bits per heavy atom. The Hall–Kier alpha value is -2.20. The third-order valence-electron chi connectivity index (χ3n) is 4.13. The van der Waals surface area contributed by atoms with Crippen LogP contribution in [0, 0.1) is 0 Å². The van der Waals surface area contributed by atoms with Crippen LogP contribution in [0.1, 0.15) is 31.1 Å². The van der Waals surface area contributed by atoms with Gasteiger partial charge in [0.15, 0.2) is 6.10 Å². The van der Waals surface area contributed by atoms with Gasteiger partial charge in [-0.25, -0.2) is 18.2 Å². The number of ether oxygens (including phenoxy) is 1. The lowest BCUT2D eigenvalue weighted by Crippen LogP contribution is -2.31. The van der Waals surface area contributed by atoms with Crippen molar-refractivity contribution in [3.8, 4) is 0 Å². The van der Waals surface area contributed by atoms with Crippen LogP contribution in [0.5, 0.6) is 0 Å². The van der Waals surface area contributed by atoms with Crippen molar-refractivity contribution in [3.63, 3.8) is 0 Å². The zero-order valence-electron chi connectivity index (χ0n) is 16.6. The van der Waals surface area contributed by atoms with Crippen LogP contribution in [0.25, 0.3) is 0 Å². The monoisotopic (exact) mass is 473 g/mol. The van der Waals surface area contributed by atoms with Crippen molar-refractivity contribution in [1.82, 2.24) is 9.29 Å². The number of benzene rings is 1. The van der Waals surface area contributed by atoms with E-state index in [9.17, 15) is 18.0 Å². The molecule has 0 bridgehead atoms. The van der Waals surface area contributed by atoms with Gasteiger partial charge >= 0.3 is 5.97 Å². The SMILES string of the molecule is CCN(CC)S(=O)(=O)c1ccc(Cl)c(C(=O)O[C@H](C)C(=O)Nc2ccc(Cl)cn2)c1. The van der Waals surface area contributed by atoms with E-state index in [0.717, 1.165) is 6.07 Å². The molecule has 1 aromatic carbocycles.